The molecule has 4 rings (SSSR count). The van der Waals surface area contributed by atoms with E-state index in [1.54, 1.807) is 18.3 Å². The van der Waals surface area contributed by atoms with Crippen molar-refractivity contribution in [3.63, 3.8) is 0 Å². The first kappa shape index (κ1) is 17.9. The zero-order valence-corrected chi connectivity index (χ0v) is 15.1. The van der Waals surface area contributed by atoms with E-state index in [4.69, 9.17) is 4.74 Å². The van der Waals surface area contributed by atoms with E-state index in [9.17, 15) is 14.4 Å². The molecule has 0 bridgehead atoms. The summed E-state index contributed by atoms with van der Waals surface area (Å²) in [5, 5.41) is 0.665. The molecule has 0 N–H and O–H groups in total. The maximum atomic E-state index is 13.1. The van der Waals surface area contributed by atoms with E-state index in [-0.39, 0.29) is 17.9 Å². The molecule has 0 atom stereocenters. The number of ether oxygens (including phenoxy) is 1. The zero-order chi connectivity index (χ0) is 19.5. The Morgan fingerprint density at radius 3 is 2.68 bits per heavy atom. The van der Waals surface area contributed by atoms with Crippen molar-refractivity contribution >= 4 is 22.8 Å². The normalized spacial score (nSPS) is 14.0. The van der Waals surface area contributed by atoms with Crippen LogP contribution in [0, 0.1) is 0 Å². The third-order valence-electron chi connectivity index (χ3n) is 4.64. The van der Waals surface area contributed by atoms with Crippen LogP contribution in [-0.4, -0.2) is 21.3 Å². The zero-order valence-electron chi connectivity index (χ0n) is 15.1. The van der Waals surface area contributed by atoms with Crippen LogP contribution in [0.1, 0.15) is 35.2 Å². The van der Waals surface area contributed by atoms with E-state index in [0.29, 0.717) is 36.1 Å². The number of benzene rings is 1. The fraction of sp³-hybridized carbons (Fsp3) is 0.182. The average Bonchev–Trinajstić information content (AvgIpc) is 2.70. The van der Waals surface area contributed by atoms with Crippen molar-refractivity contribution in [1.82, 2.24) is 9.55 Å². The molecule has 2 aromatic heterocycles. The highest BCUT2D eigenvalue weighted by Gasteiger charge is 2.21. The number of hydrogen-bond acceptors (Lipinski definition) is 5. The Kier molecular flexibility index (Phi) is 4.85. The van der Waals surface area contributed by atoms with Crippen molar-refractivity contribution in [1.29, 1.82) is 0 Å². The Labute approximate surface area is 161 Å². The Bertz CT molecular complexity index is 1150. The molecule has 0 unspecified atom stereocenters. The number of esters is 1. The Morgan fingerprint density at radius 2 is 1.89 bits per heavy atom. The van der Waals surface area contributed by atoms with Gasteiger partial charge in [-0.2, -0.15) is 0 Å². The van der Waals surface area contributed by atoms with Crippen LogP contribution < -0.4 is 5.56 Å². The monoisotopic (exact) mass is 374 g/mol. The molecule has 1 aliphatic rings. The van der Waals surface area contributed by atoms with Crippen molar-refractivity contribution in [3.8, 4) is 0 Å². The predicted molar refractivity (Wildman–Crippen MR) is 104 cm³/mol. The van der Waals surface area contributed by atoms with Crippen LogP contribution in [0.3, 0.4) is 0 Å². The maximum Gasteiger partial charge on any atom is 0.348 e. The summed E-state index contributed by atoms with van der Waals surface area (Å²) in [5.41, 5.74) is 0.876. The maximum absolute atomic E-state index is 13.1. The number of nitrogens with zero attached hydrogens (tertiary/aromatic N) is 2. The molecule has 0 aliphatic heterocycles. The van der Waals surface area contributed by atoms with Crippen LogP contribution in [0.25, 0.3) is 11.0 Å². The summed E-state index contributed by atoms with van der Waals surface area (Å²) in [4.78, 5) is 41.6. The molecule has 140 valence electrons. The number of ketones is 1. The van der Waals surface area contributed by atoms with Crippen molar-refractivity contribution in [2.45, 2.75) is 25.8 Å². The second kappa shape index (κ2) is 7.60. The number of hydrogen-bond donors (Lipinski definition) is 0. The molecule has 2 heterocycles. The van der Waals surface area contributed by atoms with Crippen LogP contribution in [0.15, 0.2) is 71.4 Å². The molecule has 0 fully saturated rings. The van der Waals surface area contributed by atoms with Gasteiger partial charge >= 0.3 is 5.97 Å². The Balaban J connectivity index is 1.76. The first-order valence-electron chi connectivity index (χ1n) is 9.10. The largest absolute Gasteiger partial charge is 0.427 e. The molecule has 1 aliphatic carbocycles. The van der Waals surface area contributed by atoms with Crippen molar-refractivity contribution in [3.05, 3.63) is 88.0 Å². The SMILES string of the molecule is O=C1C=C(OC(=O)c2cc3cccnc3n(Cc3ccccc3)c2=O)CCC1. The molecule has 28 heavy (non-hydrogen) atoms. The molecule has 6 heteroatoms. The first-order valence-corrected chi connectivity index (χ1v) is 9.10. The van der Waals surface area contributed by atoms with Crippen LogP contribution >= 0.6 is 0 Å². The van der Waals surface area contributed by atoms with E-state index in [1.807, 2.05) is 30.3 Å². The summed E-state index contributed by atoms with van der Waals surface area (Å²) in [5.74, 6) is -0.515. The number of rotatable bonds is 4. The minimum absolute atomic E-state index is 0.0711. The number of carbonyl (C=O) groups excluding carboxylic acids is 2. The van der Waals surface area contributed by atoms with E-state index >= 15 is 0 Å². The highest BCUT2D eigenvalue weighted by Crippen LogP contribution is 2.19. The van der Waals surface area contributed by atoms with Crippen molar-refractivity contribution in [2.24, 2.45) is 0 Å². The number of allylic oxidation sites excluding steroid dienone is 2. The molecule has 3 aromatic rings. The highest BCUT2D eigenvalue weighted by atomic mass is 16.5. The lowest BCUT2D eigenvalue weighted by Gasteiger charge is -2.14. The lowest BCUT2D eigenvalue weighted by molar-refractivity contribution is -0.115. The van der Waals surface area contributed by atoms with Gasteiger partial charge in [0.15, 0.2) is 5.78 Å². The number of aromatic nitrogens is 2. The quantitative estimate of drug-likeness (QED) is 0.655. The van der Waals surface area contributed by atoms with E-state index in [2.05, 4.69) is 4.98 Å². The van der Waals surface area contributed by atoms with Crippen molar-refractivity contribution < 1.29 is 14.3 Å². The van der Waals surface area contributed by atoms with Gasteiger partial charge in [-0.15, -0.1) is 0 Å². The summed E-state index contributed by atoms with van der Waals surface area (Å²) < 4.78 is 6.82. The van der Waals surface area contributed by atoms with Gasteiger partial charge < -0.3 is 4.74 Å². The summed E-state index contributed by atoms with van der Waals surface area (Å²) in [7, 11) is 0. The van der Waals surface area contributed by atoms with Gasteiger partial charge in [-0.1, -0.05) is 30.3 Å². The lowest BCUT2D eigenvalue weighted by Crippen LogP contribution is -2.28. The fourth-order valence-corrected chi connectivity index (χ4v) is 3.28. The van der Waals surface area contributed by atoms with Crippen LogP contribution in [0.5, 0.6) is 0 Å². The summed E-state index contributed by atoms with van der Waals surface area (Å²) >= 11 is 0. The minimum atomic E-state index is -0.751. The number of carbonyl (C=O) groups is 2. The summed E-state index contributed by atoms with van der Waals surface area (Å²) in [6.07, 6.45) is 4.54. The summed E-state index contributed by atoms with van der Waals surface area (Å²) in [6.45, 7) is 0.287. The smallest absolute Gasteiger partial charge is 0.348 e. The molecular formula is C22H18N2O4. The first-order chi connectivity index (χ1) is 13.6. The topological polar surface area (TPSA) is 78.3 Å². The molecule has 0 spiro atoms. The van der Waals surface area contributed by atoms with E-state index in [0.717, 1.165) is 5.56 Å². The molecule has 0 saturated heterocycles. The van der Waals surface area contributed by atoms with Gasteiger partial charge in [0.1, 0.15) is 17.0 Å². The van der Waals surface area contributed by atoms with Gasteiger partial charge in [0.25, 0.3) is 5.56 Å². The van der Waals surface area contributed by atoms with Gasteiger partial charge in [-0.25, -0.2) is 9.78 Å². The Hall–Kier alpha value is -3.54. The van der Waals surface area contributed by atoms with Gasteiger partial charge in [-0.3, -0.25) is 14.2 Å². The second-order valence-electron chi connectivity index (χ2n) is 6.67. The second-order valence-corrected chi connectivity index (χ2v) is 6.67. The third kappa shape index (κ3) is 3.62. The Morgan fingerprint density at radius 1 is 1.07 bits per heavy atom. The van der Waals surface area contributed by atoms with Crippen LogP contribution in [0.2, 0.25) is 0 Å². The number of fused-ring (bicyclic) bond motifs is 1. The number of pyridine rings is 2. The third-order valence-corrected chi connectivity index (χ3v) is 4.64. The van der Waals surface area contributed by atoms with Crippen molar-refractivity contribution in [2.75, 3.05) is 0 Å². The molecule has 1 aromatic carbocycles. The van der Waals surface area contributed by atoms with E-state index in [1.165, 1.54) is 16.7 Å². The molecule has 6 nitrogen and oxygen atoms in total. The average molecular weight is 374 g/mol. The minimum Gasteiger partial charge on any atom is -0.427 e. The van der Waals surface area contributed by atoms with Gasteiger partial charge in [0.05, 0.1) is 6.54 Å². The molecule has 0 radical (unpaired) electrons. The molecule has 0 saturated carbocycles. The molecular weight excluding hydrogens is 356 g/mol. The highest BCUT2D eigenvalue weighted by molar-refractivity contribution is 5.95. The van der Waals surface area contributed by atoms with Gasteiger partial charge in [0.2, 0.25) is 0 Å². The molecule has 0 amide bonds. The van der Waals surface area contributed by atoms with Crippen LogP contribution in [-0.2, 0) is 16.1 Å². The summed E-state index contributed by atoms with van der Waals surface area (Å²) in [6, 6.07) is 14.5. The van der Waals surface area contributed by atoms with Gasteiger partial charge in [-0.05, 0) is 30.2 Å². The van der Waals surface area contributed by atoms with E-state index < -0.39 is 11.5 Å². The lowest BCUT2D eigenvalue weighted by atomic mass is 10.1. The predicted octanol–water partition coefficient (Wildman–Crippen LogP) is 3.24. The van der Waals surface area contributed by atoms with Gasteiger partial charge in [0, 0.05) is 30.5 Å². The van der Waals surface area contributed by atoms with Crippen LogP contribution in [0.4, 0.5) is 0 Å². The fourth-order valence-electron chi connectivity index (χ4n) is 3.28. The standard InChI is InChI=1S/C22H18N2O4/c25-17-9-4-10-18(13-17)28-22(27)19-12-16-8-5-11-23-20(16)24(21(19)26)14-15-6-2-1-3-7-15/h1-3,5-8,11-13H,4,9-10,14H2.